The van der Waals surface area contributed by atoms with Gasteiger partial charge in [-0.1, -0.05) is 0 Å². The second kappa shape index (κ2) is 5.05. The maximum absolute atomic E-state index is 5.82. The van der Waals surface area contributed by atoms with Crippen LogP contribution in [-0.2, 0) is 4.74 Å². The molecule has 0 radical (unpaired) electrons. The predicted octanol–water partition coefficient (Wildman–Crippen LogP) is 2.43. The van der Waals surface area contributed by atoms with Crippen LogP contribution in [0.4, 0.5) is 11.4 Å². The Morgan fingerprint density at radius 1 is 1.26 bits per heavy atom. The van der Waals surface area contributed by atoms with E-state index in [2.05, 4.69) is 29.1 Å². The summed E-state index contributed by atoms with van der Waals surface area (Å²) in [5, 5.41) is 1.16. The van der Waals surface area contributed by atoms with Crippen molar-refractivity contribution in [3.8, 4) is 0 Å². The van der Waals surface area contributed by atoms with Crippen LogP contribution in [0.5, 0.6) is 0 Å². The van der Waals surface area contributed by atoms with Crippen molar-refractivity contribution >= 4 is 22.3 Å². The number of pyridine rings is 1. The number of nitrogens with zero attached hydrogens (tertiary/aromatic N) is 2. The van der Waals surface area contributed by atoms with Gasteiger partial charge < -0.3 is 15.4 Å². The maximum Gasteiger partial charge on any atom is 0.0743 e. The van der Waals surface area contributed by atoms with E-state index >= 15 is 0 Å². The van der Waals surface area contributed by atoms with E-state index in [1.165, 1.54) is 5.69 Å². The monoisotopic (exact) mass is 257 g/mol. The number of ether oxygens (including phenoxy) is 1. The summed E-state index contributed by atoms with van der Waals surface area (Å²) in [6.45, 7) is 1.70. The molecule has 1 aromatic carbocycles. The lowest BCUT2D eigenvalue weighted by Gasteiger charge is -2.33. The SMILES string of the molecule is CN(c1ccnc2cc(N)ccc12)C1CCOCC1. The summed E-state index contributed by atoms with van der Waals surface area (Å²) in [5.74, 6) is 0. The van der Waals surface area contributed by atoms with Crippen LogP contribution < -0.4 is 10.6 Å². The summed E-state index contributed by atoms with van der Waals surface area (Å²) in [6, 6.07) is 8.54. The summed E-state index contributed by atoms with van der Waals surface area (Å²) in [5.41, 5.74) is 8.75. The summed E-state index contributed by atoms with van der Waals surface area (Å²) >= 11 is 0. The Bertz CT molecular complexity index is 579. The molecule has 1 fully saturated rings. The van der Waals surface area contributed by atoms with Gasteiger partial charge in [0.05, 0.1) is 5.52 Å². The minimum atomic E-state index is 0.539. The summed E-state index contributed by atoms with van der Waals surface area (Å²) < 4.78 is 5.43. The van der Waals surface area contributed by atoms with Gasteiger partial charge in [-0.05, 0) is 37.1 Å². The minimum absolute atomic E-state index is 0.539. The van der Waals surface area contributed by atoms with E-state index in [9.17, 15) is 0 Å². The van der Waals surface area contributed by atoms with E-state index in [4.69, 9.17) is 10.5 Å². The first-order valence-corrected chi connectivity index (χ1v) is 6.70. The molecule has 1 aromatic heterocycles. The zero-order chi connectivity index (χ0) is 13.2. The highest BCUT2D eigenvalue weighted by molar-refractivity contribution is 5.93. The van der Waals surface area contributed by atoms with Gasteiger partial charge in [-0.2, -0.15) is 0 Å². The quantitative estimate of drug-likeness (QED) is 0.839. The van der Waals surface area contributed by atoms with Crippen molar-refractivity contribution in [2.75, 3.05) is 30.9 Å². The minimum Gasteiger partial charge on any atom is -0.399 e. The number of fused-ring (bicyclic) bond motifs is 1. The standard InChI is InChI=1S/C15H19N3O/c1-18(12-5-8-19-9-6-12)15-4-7-17-14-10-11(16)2-3-13(14)15/h2-4,7,10,12H,5-6,8-9,16H2,1H3. The lowest BCUT2D eigenvalue weighted by molar-refractivity contribution is 0.0855. The molecule has 4 heteroatoms. The molecular formula is C15H19N3O. The fourth-order valence-electron chi connectivity index (χ4n) is 2.73. The lowest BCUT2D eigenvalue weighted by atomic mass is 10.1. The van der Waals surface area contributed by atoms with Gasteiger partial charge in [-0.3, -0.25) is 4.98 Å². The van der Waals surface area contributed by atoms with E-state index in [0.717, 1.165) is 42.6 Å². The van der Waals surface area contributed by atoms with Gasteiger partial charge in [0.15, 0.2) is 0 Å². The van der Waals surface area contributed by atoms with E-state index in [1.807, 2.05) is 18.3 Å². The third kappa shape index (κ3) is 2.36. The first-order chi connectivity index (χ1) is 9.25. The molecule has 4 nitrogen and oxygen atoms in total. The zero-order valence-electron chi connectivity index (χ0n) is 11.2. The average Bonchev–Trinajstić information content (AvgIpc) is 2.46. The molecule has 0 amide bonds. The van der Waals surface area contributed by atoms with Gasteiger partial charge >= 0.3 is 0 Å². The molecule has 3 rings (SSSR count). The van der Waals surface area contributed by atoms with Crippen LogP contribution in [0.25, 0.3) is 10.9 Å². The third-order valence-corrected chi connectivity index (χ3v) is 3.86. The number of hydrogen-bond donors (Lipinski definition) is 1. The molecule has 2 N–H and O–H groups in total. The number of benzene rings is 1. The fraction of sp³-hybridized carbons (Fsp3) is 0.400. The zero-order valence-corrected chi connectivity index (χ0v) is 11.2. The molecule has 0 spiro atoms. The molecule has 0 bridgehead atoms. The highest BCUT2D eigenvalue weighted by Crippen LogP contribution is 2.29. The van der Waals surface area contributed by atoms with Gasteiger partial charge in [0.2, 0.25) is 0 Å². The molecule has 1 aliphatic rings. The second-order valence-electron chi connectivity index (χ2n) is 5.06. The third-order valence-electron chi connectivity index (χ3n) is 3.86. The Morgan fingerprint density at radius 2 is 2.05 bits per heavy atom. The summed E-state index contributed by atoms with van der Waals surface area (Å²) in [6.07, 6.45) is 4.01. The topological polar surface area (TPSA) is 51.4 Å². The number of anilines is 2. The van der Waals surface area contributed by atoms with E-state index in [1.54, 1.807) is 0 Å². The van der Waals surface area contributed by atoms with Crippen LogP contribution in [0.1, 0.15) is 12.8 Å². The number of nitrogen functional groups attached to an aromatic ring is 1. The number of rotatable bonds is 2. The van der Waals surface area contributed by atoms with Crippen molar-refractivity contribution in [3.05, 3.63) is 30.5 Å². The number of aromatic nitrogens is 1. The molecule has 0 unspecified atom stereocenters. The average molecular weight is 257 g/mol. The van der Waals surface area contributed by atoms with Crippen LogP contribution in [0.3, 0.4) is 0 Å². The van der Waals surface area contributed by atoms with Crippen molar-refractivity contribution in [1.29, 1.82) is 0 Å². The maximum atomic E-state index is 5.82. The van der Waals surface area contributed by atoms with E-state index in [-0.39, 0.29) is 0 Å². The van der Waals surface area contributed by atoms with Crippen LogP contribution in [0, 0.1) is 0 Å². The van der Waals surface area contributed by atoms with Crippen molar-refractivity contribution in [2.45, 2.75) is 18.9 Å². The first kappa shape index (κ1) is 12.2. The summed E-state index contributed by atoms with van der Waals surface area (Å²) in [7, 11) is 2.15. The largest absolute Gasteiger partial charge is 0.399 e. The Hall–Kier alpha value is -1.81. The molecular weight excluding hydrogens is 238 g/mol. The first-order valence-electron chi connectivity index (χ1n) is 6.70. The van der Waals surface area contributed by atoms with Crippen LogP contribution in [0.2, 0.25) is 0 Å². The molecule has 1 aliphatic heterocycles. The highest BCUT2D eigenvalue weighted by Gasteiger charge is 2.20. The van der Waals surface area contributed by atoms with Gasteiger partial charge in [-0.25, -0.2) is 0 Å². The predicted molar refractivity (Wildman–Crippen MR) is 78.4 cm³/mol. The van der Waals surface area contributed by atoms with Gasteiger partial charge in [0.1, 0.15) is 0 Å². The summed E-state index contributed by atoms with van der Waals surface area (Å²) in [4.78, 5) is 6.75. The Kier molecular flexibility index (Phi) is 3.25. The molecule has 1 saturated heterocycles. The Balaban J connectivity index is 1.99. The van der Waals surface area contributed by atoms with Crippen LogP contribution in [-0.4, -0.2) is 31.3 Å². The normalized spacial score (nSPS) is 16.7. The van der Waals surface area contributed by atoms with Gasteiger partial charge in [0.25, 0.3) is 0 Å². The van der Waals surface area contributed by atoms with Gasteiger partial charge in [0, 0.05) is 49.3 Å². The van der Waals surface area contributed by atoms with Crippen molar-refractivity contribution in [1.82, 2.24) is 4.98 Å². The molecule has 0 atom stereocenters. The Morgan fingerprint density at radius 3 is 2.84 bits per heavy atom. The smallest absolute Gasteiger partial charge is 0.0743 e. The van der Waals surface area contributed by atoms with Crippen molar-refractivity contribution < 1.29 is 4.74 Å². The van der Waals surface area contributed by atoms with Crippen molar-refractivity contribution in [3.63, 3.8) is 0 Å². The highest BCUT2D eigenvalue weighted by atomic mass is 16.5. The number of nitrogens with two attached hydrogens (primary N) is 1. The van der Waals surface area contributed by atoms with E-state index < -0.39 is 0 Å². The Labute approximate surface area is 113 Å². The van der Waals surface area contributed by atoms with Crippen LogP contribution in [0.15, 0.2) is 30.5 Å². The van der Waals surface area contributed by atoms with E-state index in [0.29, 0.717) is 6.04 Å². The second-order valence-corrected chi connectivity index (χ2v) is 5.06. The molecule has 2 aromatic rings. The number of hydrogen-bond acceptors (Lipinski definition) is 4. The molecule has 0 saturated carbocycles. The molecule has 19 heavy (non-hydrogen) atoms. The fourth-order valence-corrected chi connectivity index (χ4v) is 2.73. The lowest BCUT2D eigenvalue weighted by Crippen LogP contribution is -2.36. The van der Waals surface area contributed by atoms with Crippen molar-refractivity contribution in [2.24, 2.45) is 0 Å². The molecule has 2 heterocycles. The van der Waals surface area contributed by atoms with Crippen LogP contribution >= 0.6 is 0 Å². The molecule has 100 valence electrons. The van der Waals surface area contributed by atoms with Gasteiger partial charge in [-0.15, -0.1) is 0 Å². The molecule has 0 aliphatic carbocycles.